The maximum atomic E-state index is 13.6. The Balaban J connectivity index is 1.80. The molecule has 1 saturated heterocycles. The largest absolute Gasteiger partial charge is 0.394 e. The second-order valence-corrected chi connectivity index (χ2v) is 6.07. The van der Waals surface area contributed by atoms with Gasteiger partial charge in [-0.05, 0) is 43.5 Å². The lowest BCUT2D eigenvalue weighted by atomic mass is 10.1. The Morgan fingerprint density at radius 2 is 2.24 bits per heavy atom. The van der Waals surface area contributed by atoms with Crippen LogP contribution in [-0.2, 0) is 11.3 Å². The summed E-state index contributed by atoms with van der Waals surface area (Å²) in [7, 11) is 0. The van der Waals surface area contributed by atoms with Crippen LogP contribution in [0.5, 0.6) is 0 Å². The Kier molecular flexibility index (Phi) is 4.42. The average Bonchev–Trinajstić information content (AvgIpc) is 3.30. The summed E-state index contributed by atoms with van der Waals surface area (Å²) in [4.78, 5) is 2.22. The zero-order chi connectivity index (χ0) is 14.8. The minimum atomic E-state index is -0.203. The van der Waals surface area contributed by atoms with Crippen molar-refractivity contribution in [2.24, 2.45) is 0 Å². The van der Waals surface area contributed by atoms with Crippen LogP contribution < -0.4 is 10.2 Å². The summed E-state index contributed by atoms with van der Waals surface area (Å²) in [6.45, 7) is 4.01. The number of hydrogen-bond donors (Lipinski definition) is 2. The van der Waals surface area contributed by atoms with Gasteiger partial charge in [0.05, 0.1) is 19.3 Å². The van der Waals surface area contributed by atoms with E-state index in [1.54, 1.807) is 6.07 Å². The van der Waals surface area contributed by atoms with E-state index in [0.717, 1.165) is 11.3 Å². The van der Waals surface area contributed by atoms with Crippen LogP contribution in [0.15, 0.2) is 18.2 Å². The van der Waals surface area contributed by atoms with Crippen molar-refractivity contribution in [3.05, 3.63) is 29.6 Å². The molecule has 3 rings (SSSR count). The first-order valence-electron chi connectivity index (χ1n) is 7.68. The number of morpholine rings is 1. The Morgan fingerprint density at radius 3 is 2.95 bits per heavy atom. The Labute approximate surface area is 124 Å². The molecule has 1 aromatic carbocycles. The highest BCUT2D eigenvalue weighted by Crippen LogP contribution is 2.28. The van der Waals surface area contributed by atoms with Crippen LogP contribution in [0, 0.1) is 5.82 Å². The number of ether oxygens (including phenoxy) is 1. The fourth-order valence-corrected chi connectivity index (χ4v) is 2.78. The lowest BCUT2D eigenvalue weighted by Gasteiger charge is -2.40. The molecule has 5 heteroatoms. The summed E-state index contributed by atoms with van der Waals surface area (Å²) in [5.41, 5.74) is 2.02. The van der Waals surface area contributed by atoms with Gasteiger partial charge in [0.2, 0.25) is 0 Å². The van der Waals surface area contributed by atoms with Crippen molar-refractivity contribution in [2.75, 3.05) is 24.7 Å². The average molecular weight is 294 g/mol. The van der Waals surface area contributed by atoms with Crippen molar-refractivity contribution >= 4 is 5.69 Å². The minimum Gasteiger partial charge on any atom is -0.394 e. The minimum absolute atomic E-state index is 0.0140. The molecular weight excluding hydrogens is 271 g/mol. The molecule has 0 spiro atoms. The number of benzene rings is 1. The Bertz CT molecular complexity index is 493. The predicted octanol–water partition coefficient (Wildman–Crippen LogP) is 1.66. The molecule has 1 heterocycles. The molecule has 2 atom stereocenters. The predicted molar refractivity (Wildman–Crippen MR) is 79.9 cm³/mol. The SMILES string of the molecule is CC1COC(CO)CN1c1ccc(F)cc1CNC1CC1. The fourth-order valence-electron chi connectivity index (χ4n) is 2.78. The van der Waals surface area contributed by atoms with Gasteiger partial charge in [-0.3, -0.25) is 0 Å². The molecule has 0 bridgehead atoms. The number of hydrogen-bond acceptors (Lipinski definition) is 4. The fraction of sp³-hybridized carbons (Fsp3) is 0.625. The molecule has 1 aliphatic carbocycles. The third kappa shape index (κ3) is 3.54. The quantitative estimate of drug-likeness (QED) is 0.867. The third-order valence-electron chi connectivity index (χ3n) is 4.22. The zero-order valence-electron chi connectivity index (χ0n) is 12.4. The van der Waals surface area contributed by atoms with E-state index in [1.807, 2.05) is 6.07 Å². The number of halogens is 1. The van der Waals surface area contributed by atoms with E-state index in [1.165, 1.54) is 18.9 Å². The molecule has 0 radical (unpaired) electrons. The maximum Gasteiger partial charge on any atom is 0.123 e. The van der Waals surface area contributed by atoms with Crippen molar-refractivity contribution in [3.8, 4) is 0 Å². The van der Waals surface area contributed by atoms with Gasteiger partial charge in [-0.2, -0.15) is 0 Å². The van der Waals surface area contributed by atoms with Gasteiger partial charge in [0.15, 0.2) is 0 Å². The number of anilines is 1. The lowest BCUT2D eigenvalue weighted by molar-refractivity contribution is -0.0103. The first-order valence-corrected chi connectivity index (χ1v) is 7.68. The van der Waals surface area contributed by atoms with Crippen molar-refractivity contribution < 1.29 is 14.2 Å². The van der Waals surface area contributed by atoms with E-state index in [4.69, 9.17) is 4.74 Å². The van der Waals surface area contributed by atoms with Gasteiger partial charge in [0, 0.05) is 30.9 Å². The van der Waals surface area contributed by atoms with Crippen LogP contribution in [0.25, 0.3) is 0 Å². The Morgan fingerprint density at radius 1 is 1.43 bits per heavy atom. The summed E-state index contributed by atoms with van der Waals surface area (Å²) in [6.07, 6.45) is 2.26. The van der Waals surface area contributed by atoms with Crippen molar-refractivity contribution in [1.82, 2.24) is 5.32 Å². The van der Waals surface area contributed by atoms with Gasteiger partial charge in [0.1, 0.15) is 5.82 Å². The van der Waals surface area contributed by atoms with E-state index < -0.39 is 0 Å². The summed E-state index contributed by atoms with van der Waals surface area (Å²) in [5.74, 6) is -0.203. The van der Waals surface area contributed by atoms with E-state index in [9.17, 15) is 9.50 Å². The van der Waals surface area contributed by atoms with Gasteiger partial charge in [-0.25, -0.2) is 4.39 Å². The van der Waals surface area contributed by atoms with Crippen LogP contribution in [0.3, 0.4) is 0 Å². The Hall–Kier alpha value is -1.17. The summed E-state index contributed by atoms with van der Waals surface area (Å²) >= 11 is 0. The molecule has 1 aliphatic heterocycles. The van der Waals surface area contributed by atoms with E-state index in [2.05, 4.69) is 17.1 Å². The number of nitrogens with one attached hydrogen (secondary N) is 1. The number of rotatable bonds is 5. The molecule has 2 unspecified atom stereocenters. The van der Waals surface area contributed by atoms with Gasteiger partial charge in [-0.15, -0.1) is 0 Å². The summed E-state index contributed by atoms with van der Waals surface area (Å²) in [5, 5.41) is 12.8. The third-order valence-corrected chi connectivity index (χ3v) is 4.22. The monoisotopic (exact) mass is 294 g/mol. The molecule has 2 fully saturated rings. The van der Waals surface area contributed by atoms with Crippen molar-refractivity contribution in [2.45, 2.75) is 44.5 Å². The smallest absolute Gasteiger partial charge is 0.123 e. The van der Waals surface area contributed by atoms with Crippen LogP contribution in [0.2, 0.25) is 0 Å². The van der Waals surface area contributed by atoms with Gasteiger partial charge in [0.25, 0.3) is 0 Å². The van der Waals surface area contributed by atoms with E-state index in [0.29, 0.717) is 25.7 Å². The maximum absolute atomic E-state index is 13.6. The van der Waals surface area contributed by atoms with Gasteiger partial charge < -0.3 is 20.1 Å². The van der Waals surface area contributed by atoms with Crippen LogP contribution >= 0.6 is 0 Å². The molecule has 2 N–H and O–H groups in total. The lowest BCUT2D eigenvalue weighted by Crippen LogP contribution is -2.50. The standard InChI is InChI=1S/C16H23FN2O2/c1-11-10-21-15(9-20)8-19(11)16-5-2-13(17)6-12(16)7-18-14-3-4-14/h2,5-6,11,14-15,18,20H,3-4,7-10H2,1H3. The second-order valence-electron chi connectivity index (χ2n) is 6.07. The zero-order valence-corrected chi connectivity index (χ0v) is 12.4. The molecule has 2 aliphatic rings. The molecular formula is C16H23FN2O2. The van der Waals surface area contributed by atoms with Crippen LogP contribution in [0.4, 0.5) is 10.1 Å². The van der Waals surface area contributed by atoms with Crippen LogP contribution in [-0.4, -0.2) is 43.1 Å². The van der Waals surface area contributed by atoms with Gasteiger partial charge in [-0.1, -0.05) is 0 Å². The molecule has 0 amide bonds. The second kappa shape index (κ2) is 6.30. The highest BCUT2D eigenvalue weighted by molar-refractivity contribution is 5.55. The number of aliphatic hydroxyl groups is 1. The van der Waals surface area contributed by atoms with E-state index in [-0.39, 0.29) is 24.6 Å². The molecule has 1 aromatic rings. The first kappa shape index (κ1) is 14.8. The number of nitrogens with zero attached hydrogens (tertiary/aromatic N) is 1. The molecule has 116 valence electrons. The van der Waals surface area contributed by atoms with E-state index >= 15 is 0 Å². The molecule has 1 saturated carbocycles. The van der Waals surface area contributed by atoms with Crippen molar-refractivity contribution in [1.29, 1.82) is 0 Å². The topological polar surface area (TPSA) is 44.7 Å². The van der Waals surface area contributed by atoms with Gasteiger partial charge >= 0.3 is 0 Å². The number of aliphatic hydroxyl groups excluding tert-OH is 1. The highest BCUT2D eigenvalue weighted by Gasteiger charge is 2.28. The van der Waals surface area contributed by atoms with Crippen molar-refractivity contribution in [3.63, 3.8) is 0 Å². The summed E-state index contributed by atoms with van der Waals surface area (Å²) < 4.78 is 19.2. The molecule has 21 heavy (non-hydrogen) atoms. The highest BCUT2D eigenvalue weighted by atomic mass is 19.1. The normalized spacial score (nSPS) is 26.1. The summed E-state index contributed by atoms with van der Waals surface area (Å²) in [6, 6.07) is 5.77. The molecule has 4 nitrogen and oxygen atoms in total. The molecule has 0 aromatic heterocycles. The first-order chi connectivity index (χ1) is 10.2. The van der Waals surface area contributed by atoms with Crippen LogP contribution in [0.1, 0.15) is 25.3 Å².